The van der Waals surface area contributed by atoms with Crippen LogP contribution in [0.4, 0.5) is 0 Å². The number of benzene rings is 1. The number of hydrogen-bond donors (Lipinski definition) is 2. The molecule has 82 valence electrons. The van der Waals surface area contributed by atoms with Gasteiger partial charge in [0.2, 0.25) is 0 Å². The van der Waals surface area contributed by atoms with Gasteiger partial charge in [-0.3, -0.25) is 0 Å². The Kier molecular flexibility index (Phi) is 4.34. The summed E-state index contributed by atoms with van der Waals surface area (Å²) < 4.78 is 5.42. The van der Waals surface area contributed by atoms with Crippen molar-refractivity contribution in [2.24, 2.45) is 0 Å². The number of aryl methyl sites for hydroxylation is 1. The van der Waals surface area contributed by atoms with Crippen molar-refractivity contribution in [3.05, 3.63) is 41.5 Å². The van der Waals surface area contributed by atoms with E-state index in [1.165, 1.54) is 0 Å². The van der Waals surface area contributed by atoms with E-state index in [1.807, 2.05) is 19.1 Å². The van der Waals surface area contributed by atoms with E-state index >= 15 is 0 Å². The molecule has 0 saturated heterocycles. The molecule has 15 heavy (non-hydrogen) atoms. The van der Waals surface area contributed by atoms with Crippen molar-refractivity contribution in [1.82, 2.24) is 0 Å². The first-order valence-corrected chi connectivity index (χ1v) is 4.80. The lowest BCUT2D eigenvalue weighted by Gasteiger charge is -2.13. The van der Waals surface area contributed by atoms with Gasteiger partial charge in [0, 0.05) is 11.1 Å². The zero-order valence-corrected chi connectivity index (χ0v) is 8.86. The maximum absolute atomic E-state index is 9.17. The Morgan fingerprint density at radius 2 is 1.80 bits per heavy atom. The second-order valence-corrected chi connectivity index (χ2v) is 3.33. The third-order valence-electron chi connectivity index (χ3n) is 2.07. The van der Waals surface area contributed by atoms with Crippen molar-refractivity contribution >= 4 is 0 Å². The highest BCUT2D eigenvalue weighted by molar-refractivity contribution is 5.44. The van der Waals surface area contributed by atoms with E-state index in [0.717, 1.165) is 5.56 Å². The second-order valence-electron chi connectivity index (χ2n) is 3.33. The molecule has 0 aliphatic rings. The molecule has 0 saturated carbocycles. The Labute approximate surface area is 89.6 Å². The van der Waals surface area contributed by atoms with Crippen LogP contribution in [0.1, 0.15) is 16.7 Å². The monoisotopic (exact) mass is 208 g/mol. The van der Waals surface area contributed by atoms with Crippen LogP contribution in [0.25, 0.3) is 0 Å². The molecule has 1 rings (SSSR count). The van der Waals surface area contributed by atoms with Gasteiger partial charge in [-0.05, 0) is 6.92 Å². The summed E-state index contributed by atoms with van der Waals surface area (Å²) in [7, 11) is 0. The zero-order valence-electron chi connectivity index (χ0n) is 8.86. The molecule has 0 radical (unpaired) electrons. The number of aliphatic hydroxyl groups excluding tert-OH is 2. The molecular formula is C12H16O3. The van der Waals surface area contributed by atoms with E-state index in [0.29, 0.717) is 23.5 Å². The van der Waals surface area contributed by atoms with E-state index in [4.69, 9.17) is 4.74 Å². The Hall–Kier alpha value is -1.32. The Bertz CT molecular complexity index is 320. The summed E-state index contributed by atoms with van der Waals surface area (Å²) in [4.78, 5) is 0. The third-order valence-corrected chi connectivity index (χ3v) is 2.07. The van der Waals surface area contributed by atoms with E-state index in [9.17, 15) is 10.2 Å². The van der Waals surface area contributed by atoms with Crippen LogP contribution < -0.4 is 4.74 Å². The maximum Gasteiger partial charge on any atom is 0.130 e. The highest BCUT2D eigenvalue weighted by Gasteiger charge is 2.09. The van der Waals surface area contributed by atoms with Crippen LogP contribution in [0.3, 0.4) is 0 Å². The molecule has 3 heteroatoms. The molecule has 0 spiro atoms. The Morgan fingerprint density at radius 3 is 2.20 bits per heavy atom. The summed E-state index contributed by atoms with van der Waals surface area (Å²) in [6.45, 7) is 5.64. The molecule has 0 unspecified atom stereocenters. The van der Waals surface area contributed by atoms with Crippen molar-refractivity contribution < 1.29 is 14.9 Å². The first-order chi connectivity index (χ1) is 7.22. The quantitative estimate of drug-likeness (QED) is 0.722. The predicted molar refractivity (Wildman–Crippen MR) is 58.7 cm³/mol. The number of hydrogen-bond acceptors (Lipinski definition) is 3. The molecule has 1 aromatic rings. The standard InChI is InChI=1S/C12H16O3/c1-3-4-15-12-10(7-13)5-9(2)6-11(12)8-14/h3,5-6,13-14H,1,4,7-8H2,2H3. The highest BCUT2D eigenvalue weighted by Crippen LogP contribution is 2.26. The number of aliphatic hydroxyl groups is 2. The van der Waals surface area contributed by atoms with Gasteiger partial charge < -0.3 is 14.9 Å². The summed E-state index contributed by atoms with van der Waals surface area (Å²) in [5.41, 5.74) is 2.39. The topological polar surface area (TPSA) is 49.7 Å². The summed E-state index contributed by atoms with van der Waals surface area (Å²) >= 11 is 0. The molecule has 3 nitrogen and oxygen atoms in total. The minimum Gasteiger partial charge on any atom is -0.489 e. The van der Waals surface area contributed by atoms with Crippen LogP contribution in [-0.2, 0) is 13.2 Å². The van der Waals surface area contributed by atoms with Crippen molar-refractivity contribution in [3.8, 4) is 5.75 Å². The molecule has 0 aliphatic carbocycles. The Morgan fingerprint density at radius 1 is 1.27 bits per heavy atom. The molecule has 0 atom stereocenters. The van der Waals surface area contributed by atoms with Gasteiger partial charge in [-0.15, -0.1) is 0 Å². The lowest BCUT2D eigenvalue weighted by molar-refractivity contribution is 0.255. The van der Waals surface area contributed by atoms with Crippen LogP contribution in [-0.4, -0.2) is 16.8 Å². The van der Waals surface area contributed by atoms with E-state index in [2.05, 4.69) is 6.58 Å². The fraction of sp³-hybridized carbons (Fsp3) is 0.333. The molecule has 1 aromatic carbocycles. The van der Waals surface area contributed by atoms with Crippen molar-refractivity contribution in [2.75, 3.05) is 6.61 Å². The van der Waals surface area contributed by atoms with Crippen LogP contribution >= 0.6 is 0 Å². The minimum absolute atomic E-state index is 0.0961. The molecular weight excluding hydrogens is 192 g/mol. The lowest BCUT2D eigenvalue weighted by Crippen LogP contribution is -2.02. The highest BCUT2D eigenvalue weighted by atomic mass is 16.5. The lowest BCUT2D eigenvalue weighted by atomic mass is 10.1. The van der Waals surface area contributed by atoms with Crippen LogP contribution in [0, 0.1) is 6.92 Å². The van der Waals surface area contributed by atoms with Gasteiger partial charge in [-0.1, -0.05) is 30.4 Å². The van der Waals surface area contributed by atoms with E-state index < -0.39 is 0 Å². The normalized spacial score (nSPS) is 10.1. The third kappa shape index (κ3) is 2.81. The SMILES string of the molecule is C=CCOc1c(CO)cc(C)cc1CO. The first-order valence-electron chi connectivity index (χ1n) is 4.80. The number of rotatable bonds is 5. The fourth-order valence-electron chi connectivity index (χ4n) is 1.49. The van der Waals surface area contributed by atoms with Crippen molar-refractivity contribution in [2.45, 2.75) is 20.1 Å². The molecule has 2 N–H and O–H groups in total. The maximum atomic E-state index is 9.17. The first kappa shape index (κ1) is 11.8. The van der Waals surface area contributed by atoms with Gasteiger partial charge in [-0.2, -0.15) is 0 Å². The van der Waals surface area contributed by atoms with Gasteiger partial charge in [0.15, 0.2) is 0 Å². The molecule has 0 aromatic heterocycles. The van der Waals surface area contributed by atoms with Crippen LogP contribution in [0.2, 0.25) is 0 Å². The van der Waals surface area contributed by atoms with E-state index in [1.54, 1.807) is 6.08 Å². The summed E-state index contributed by atoms with van der Waals surface area (Å²) in [6, 6.07) is 3.69. The molecule has 0 aliphatic heterocycles. The largest absolute Gasteiger partial charge is 0.489 e. The second kappa shape index (κ2) is 5.53. The average Bonchev–Trinajstić information content (AvgIpc) is 2.26. The summed E-state index contributed by atoms with van der Waals surface area (Å²) in [5.74, 6) is 0.561. The smallest absolute Gasteiger partial charge is 0.130 e. The summed E-state index contributed by atoms with van der Waals surface area (Å²) in [6.07, 6.45) is 1.63. The molecule has 0 heterocycles. The van der Waals surface area contributed by atoms with Crippen LogP contribution in [0.5, 0.6) is 5.75 Å². The Balaban J connectivity index is 3.11. The van der Waals surface area contributed by atoms with E-state index in [-0.39, 0.29) is 13.2 Å². The van der Waals surface area contributed by atoms with Gasteiger partial charge in [0.1, 0.15) is 12.4 Å². The van der Waals surface area contributed by atoms with Crippen LogP contribution in [0.15, 0.2) is 24.8 Å². The average molecular weight is 208 g/mol. The van der Waals surface area contributed by atoms with Crippen molar-refractivity contribution in [3.63, 3.8) is 0 Å². The van der Waals surface area contributed by atoms with Gasteiger partial charge >= 0.3 is 0 Å². The van der Waals surface area contributed by atoms with Gasteiger partial charge in [0.25, 0.3) is 0 Å². The molecule has 0 bridgehead atoms. The van der Waals surface area contributed by atoms with Gasteiger partial charge in [-0.25, -0.2) is 0 Å². The number of ether oxygens (including phenoxy) is 1. The predicted octanol–water partition coefficient (Wildman–Crippen LogP) is 1.54. The van der Waals surface area contributed by atoms with Crippen molar-refractivity contribution in [1.29, 1.82) is 0 Å². The van der Waals surface area contributed by atoms with Gasteiger partial charge in [0.05, 0.1) is 13.2 Å². The summed E-state index contributed by atoms with van der Waals surface area (Å²) in [5, 5.41) is 18.3. The fourth-order valence-corrected chi connectivity index (χ4v) is 1.49. The molecule has 0 fully saturated rings. The molecule has 0 amide bonds. The zero-order chi connectivity index (χ0) is 11.3. The minimum atomic E-state index is -0.0961.